The molecule has 2 aromatic rings. The third-order valence-electron chi connectivity index (χ3n) is 5.34. The second kappa shape index (κ2) is 12.4. The number of nitrogens with one attached hydrogen (secondary N) is 2. The van der Waals surface area contributed by atoms with Crippen molar-refractivity contribution in [3.05, 3.63) is 34.0 Å². The molecule has 158 valence electrons. The van der Waals surface area contributed by atoms with Crippen LogP contribution in [0.2, 0.25) is 0 Å². The number of aromatic nitrogens is 3. The number of halogens is 1. The molecule has 28 heavy (non-hydrogen) atoms. The van der Waals surface area contributed by atoms with Crippen molar-refractivity contribution in [3.8, 4) is 0 Å². The molecule has 0 saturated heterocycles. The van der Waals surface area contributed by atoms with Crippen molar-refractivity contribution < 1.29 is 5.11 Å². The van der Waals surface area contributed by atoms with Crippen molar-refractivity contribution in [2.24, 2.45) is 17.5 Å². The van der Waals surface area contributed by atoms with E-state index in [1.54, 1.807) is 11.3 Å². The Morgan fingerprint density at radius 1 is 1.29 bits per heavy atom. The molecule has 2 heterocycles. The zero-order chi connectivity index (χ0) is 19.7. The molecule has 2 aromatic heterocycles. The van der Waals surface area contributed by atoms with Crippen LogP contribution in [0.25, 0.3) is 0 Å². The maximum atomic E-state index is 9.45. The summed E-state index contributed by atoms with van der Waals surface area (Å²) in [6, 6.07) is 4.16. The summed E-state index contributed by atoms with van der Waals surface area (Å²) in [4.78, 5) is 5.97. The van der Waals surface area contributed by atoms with Gasteiger partial charge in [-0.2, -0.15) is 0 Å². The first-order valence-electron chi connectivity index (χ1n) is 9.54. The molecule has 0 aliphatic heterocycles. The fourth-order valence-corrected chi connectivity index (χ4v) is 3.59. The lowest BCUT2D eigenvalue weighted by Gasteiger charge is -2.32. The van der Waals surface area contributed by atoms with E-state index in [2.05, 4.69) is 52.2 Å². The number of aliphatic hydroxyl groups excluding tert-OH is 1. The second-order valence-electron chi connectivity index (χ2n) is 6.85. The van der Waals surface area contributed by atoms with Crippen molar-refractivity contribution in [2.75, 3.05) is 13.2 Å². The Morgan fingerprint density at radius 2 is 2.04 bits per heavy atom. The van der Waals surface area contributed by atoms with E-state index in [1.807, 2.05) is 18.5 Å². The summed E-state index contributed by atoms with van der Waals surface area (Å²) in [6.07, 6.45) is 2.81. The summed E-state index contributed by atoms with van der Waals surface area (Å²) in [5.41, 5.74) is 0.0709. The first-order valence-corrected chi connectivity index (χ1v) is 10.4. The fourth-order valence-electron chi connectivity index (χ4n) is 2.95. The molecule has 0 fully saturated rings. The van der Waals surface area contributed by atoms with Gasteiger partial charge < -0.3 is 20.3 Å². The van der Waals surface area contributed by atoms with E-state index in [-0.39, 0.29) is 36.0 Å². The highest BCUT2D eigenvalue weighted by molar-refractivity contribution is 14.0. The van der Waals surface area contributed by atoms with Crippen LogP contribution in [0.4, 0.5) is 0 Å². The summed E-state index contributed by atoms with van der Waals surface area (Å²) in [6.45, 7) is 8.46. The minimum atomic E-state index is 0. The summed E-state index contributed by atoms with van der Waals surface area (Å²) in [7, 11) is 1.95. The highest BCUT2D eigenvalue weighted by Crippen LogP contribution is 2.29. The Bertz CT molecular complexity index is 712. The number of aryl methyl sites for hydroxylation is 1. The molecule has 0 aliphatic rings. The highest BCUT2D eigenvalue weighted by Gasteiger charge is 2.25. The third-order valence-corrected chi connectivity index (χ3v) is 6.22. The highest BCUT2D eigenvalue weighted by atomic mass is 127. The monoisotopic (exact) mass is 520 g/mol. The summed E-state index contributed by atoms with van der Waals surface area (Å²) in [5, 5.41) is 26.7. The minimum Gasteiger partial charge on any atom is -0.396 e. The number of rotatable bonds is 10. The molecule has 0 unspecified atom stereocenters. The molecule has 0 aromatic carbocycles. The van der Waals surface area contributed by atoms with Gasteiger partial charge in [-0.05, 0) is 43.0 Å². The number of hydrogen-bond acceptors (Lipinski definition) is 5. The van der Waals surface area contributed by atoms with Crippen LogP contribution in [0.15, 0.2) is 22.5 Å². The molecule has 7 nitrogen and oxygen atoms in total. The molecule has 3 N–H and O–H groups in total. The molecule has 0 radical (unpaired) electrons. The smallest absolute Gasteiger partial charge is 0.192 e. The van der Waals surface area contributed by atoms with Crippen molar-refractivity contribution in [2.45, 2.75) is 53.1 Å². The number of thiophene rings is 1. The average molecular weight is 520 g/mol. The number of hydrogen-bond donors (Lipinski definition) is 3. The molecule has 0 spiro atoms. The van der Waals surface area contributed by atoms with Crippen LogP contribution in [0.1, 0.15) is 49.6 Å². The number of guanidine groups is 1. The van der Waals surface area contributed by atoms with Gasteiger partial charge in [-0.3, -0.25) is 0 Å². The first-order chi connectivity index (χ1) is 13.0. The van der Waals surface area contributed by atoms with Crippen molar-refractivity contribution in [3.63, 3.8) is 0 Å². The van der Waals surface area contributed by atoms with E-state index in [0.29, 0.717) is 6.54 Å². The zero-order valence-corrected chi connectivity index (χ0v) is 20.4. The van der Waals surface area contributed by atoms with Crippen LogP contribution >= 0.6 is 35.3 Å². The maximum Gasteiger partial charge on any atom is 0.192 e. The van der Waals surface area contributed by atoms with E-state index in [0.717, 1.165) is 50.0 Å². The van der Waals surface area contributed by atoms with Crippen molar-refractivity contribution >= 4 is 41.3 Å². The molecular formula is C19H33IN6OS. The number of aliphatic hydroxyl groups is 1. The molecule has 0 atom stereocenters. The average Bonchev–Trinajstić information content (AvgIpc) is 3.31. The van der Waals surface area contributed by atoms with Crippen molar-refractivity contribution in [1.82, 2.24) is 25.4 Å². The predicted molar refractivity (Wildman–Crippen MR) is 126 cm³/mol. The van der Waals surface area contributed by atoms with Crippen LogP contribution in [0, 0.1) is 12.3 Å². The minimum absolute atomic E-state index is 0. The van der Waals surface area contributed by atoms with E-state index < -0.39 is 0 Å². The maximum absolute atomic E-state index is 9.45. The fraction of sp³-hybridized carbons (Fsp3) is 0.632. The normalized spacial score (nSPS) is 12.0. The van der Waals surface area contributed by atoms with Gasteiger partial charge >= 0.3 is 0 Å². The topological polar surface area (TPSA) is 87.4 Å². The second-order valence-corrected chi connectivity index (χ2v) is 7.89. The van der Waals surface area contributed by atoms with Gasteiger partial charge in [0.1, 0.15) is 12.4 Å². The van der Waals surface area contributed by atoms with E-state index in [9.17, 15) is 5.11 Å². The lowest BCUT2D eigenvalue weighted by Crippen LogP contribution is -2.43. The van der Waals surface area contributed by atoms with Crippen molar-refractivity contribution in [1.29, 1.82) is 0 Å². The number of nitrogens with zero attached hydrogens (tertiary/aromatic N) is 4. The lowest BCUT2D eigenvalue weighted by molar-refractivity contribution is 0.169. The molecular weight excluding hydrogens is 487 g/mol. The van der Waals surface area contributed by atoms with E-state index >= 15 is 0 Å². The standard InChI is InChI=1S/C19H32N6OS.HI/c1-5-19(6-2,9-10-26)14-22-18(20-12-16-8-7-11-27-16)21-13-17-24-23-15(3)25(17)4;/h7-8,11,26H,5-6,9-10,12-14H2,1-4H3,(H2,20,21,22);1H. The number of aliphatic imine (C=N–C) groups is 1. The quantitative estimate of drug-likeness (QED) is 0.255. The SMILES string of the molecule is CCC(CC)(CCO)CNC(=NCc1nnc(C)n1C)NCc1cccs1.I. The van der Waals surface area contributed by atoms with Gasteiger partial charge in [-0.25, -0.2) is 4.99 Å². The Morgan fingerprint density at radius 3 is 2.57 bits per heavy atom. The van der Waals surface area contributed by atoms with E-state index in [4.69, 9.17) is 4.99 Å². The third kappa shape index (κ3) is 7.00. The van der Waals surface area contributed by atoms with E-state index in [1.165, 1.54) is 4.88 Å². The van der Waals surface area contributed by atoms with Crippen LogP contribution in [-0.2, 0) is 20.1 Å². The van der Waals surface area contributed by atoms with Crippen LogP contribution in [0.3, 0.4) is 0 Å². The first kappa shape index (κ1) is 24.8. The summed E-state index contributed by atoms with van der Waals surface area (Å²) in [5.74, 6) is 2.46. The molecule has 0 amide bonds. The summed E-state index contributed by atoms with van der Waals surface area (Å²) < 4.78 is 1.95. The van der Waals surface area contributed by atoms with Crippen LogP contribution in [-0.4, -0.2) is 39.0 Å². The molecule has 9 heteroatoms. The van der Waals surface area contributed by atoms with Crippen LogP contribution in [0.5, 0.6) is 0 Å². The molecule has 0 bridgehead atoms. The molecule has 0 aliphatic carbocycles. The van der Waals surface area contributed by atoms with Gasteiger partial charge in [0.05, 0.1) is 6.54 Å². The summed E-state index contributed by atoms with van der Waals surface area (Å²) >= 11 is 1.72. The Hall–Kier alpha value is -1.20. The van der Waals surface area contributed by atoms with Crippen LogP contribution < -0.4 is 10.6 Å². The molecule has 2 rings (SSSR count). The van der Waals surface area contributed by atoms with Gasteiger partial charge in [0.15, 0.2) is 11.8 Å². The lowest BCUT2D eigenvalue weighted by atomic mass is 9.79. The Labute approximate surface area is 189 Å². The predicted octanol–water partition coefficient (Wildman–Crippen LogP) is 3.23. The Balaban J connectivity index is 0.00000392. The van der Waals surface area contributed by atoms with Gasteiger partial charge in [-0.15, -0.1) is 45.5 Å². The van der Waals surface area contributed by atoms with Gasteiger partial charge in [0.2, 0.25) is 0 Å². The largest absolute Gasteiger partial charge is 0.396 e. The molecule has 0 saturated carbocycles. The van der Waals surface area contributed by atoms with Gasteiger partial charge in [0.25, 0.3) is 0 Å². The van der Waals surface area contributed by atoms with Gasteiger partial charge in [0, 0.05) is 25.1 Å². The zero-order valence-electron chi connectivity index (χ0n) is 17.2. The Kier molecular flexibility index (Phi) is 11.0. The van der Waals surface area contributed by atoms with Gasteiger partial charge in [-0.1, -0.05) is 19.9 Å².